The second-order valence-corrected chi connectivity index (χ2v) is 9.25. The van der Waals surface area contributed by atoms with Gasteiger partial charge in [0, 0.05) is 62.1 Å². The van der Waals surface area contributed by atoms with Crippen molar-refractivity contribution < 1.29 is 9.53 Å². The first-order valence-corrected chi connectivity index (χ1v) is 11.3. The third-order valence-electron chi connectivity index (χ3n) is 5.37. The van der Waals surface area contributed by atoms with Crippen molar-refractivity contribution in [3.63, 3.8) is 0 Å². The van der Waals surface area contributed by atoms with Gasteiger partial charge in [0.25, 0.3) is 0 Å². The van der Waals surface area contributed by atoms with Crippen LogP contribution in [0.25, 0.3) is 0 Å². The van der Waals surface area contributed by atoms with E-state index in [-0.39, 0.29) is 5.91 Å². The summed E-state index contributed by atoms with van der Waals surface area (Å²) in [4.78, 5) is 20.7. The molecule has 29 heavy (non-hydrogen) atoms. The molecule has 2 saturated heterocycles. The highest BCUT2D eigenvalue weighted by Gasteiger charge is 2.19. The molecule has 2 aliphatic rings. The molecule has 8 heteroatoms. The number of halogens is 1. The molecule has 0 unspecified atom stereocenters. The highest BCUT2D eigenvalue weighted by Crippen LogP contribution is 2.23. The number of rotatable bonds is 6. The Hall–Kier alpha value is -1.64. The van der Waals surface area contributed by atoms with Gasteiger partial charge in [-0.05, 0) is 36.4 Å². The van der Waals surface area contributed by atoms with E-state index in [0.29, 0.717) is 6.54 Å². The van der Waals surface area contributed by atoms with E-state index >= 15 is 0 Å². The molecular weight excluding hydrogens is 408 g/mol. The van der Waals surface area contributed by atoms with Crippen LogP contribution in [0.1, 0.15) is 4.88 Å². The van der Waals surface area contributed by atoms with Crippen LogP contribution in [0.3, 0.4) is 0 Å². The predicted molar refractivity (Wildman–Crippen MR) is 119 cm³/mol. The van der Waals surface area contributed by atoms with Crippen LogP contribution in [0.15, 0.2) is 36.4 Å². The minimum atomic E-state index is 0.0441. The summed E-state index contributed by atoms with van der Waals surface area (Å²) in [5.41, 5.74) is 2.02. The molecule has 0 atom stereocenters. The molecule has 0 spiro atoms. The summed E-state index contributed by atoms with van der Waals surface area (Å²) in [5, 5.41) is 3.02. The molecule has 0 radical (unpaired) electrons. The Balaban J connectivity index is 1.20. The van der Waals surface area contributed by atoms with Crippen molar-refractivity contribution in [2.75, 3.05) is 69.2 Å². The van der Waals surface area contributed by atoms with Gasteiger partial charge in [0.1, 0.15) is 0 Å². The quantitative estimate of drug-likeness (QED) is 0.757. The van der Waals surface area contributed by atoms with Crippen LogP contribution in [0.4, 0.5) is 11.4 Å². The highest BCUT2D eigenvalue weighted by molar-refractivity contribution is 7.16. The second kappa shape index (κ2) is 9.91. The van der Waals surface area contributed by atoms with E-state index in [1.54, 1.807) is 11.3 Å². The van der Waals surface area contributed by atoms with E-state index in [9.17, 15) is 4.79 Å². The maximum atomic E-state index is 12.4. The Morgan fingerprint density at radius 3 is 2.31 bits per heavy atom. The maximum absolute atomic E-state index is 12.4. The zero-order valence-electron chi connectivity index (χ0n) is 16.5. The lowest BCUT2D eigenvalue weighted by molar-refractivity contribution is -0.117. The van der Waals surface area contributed by atoms with Gasteiger partial charge in [-0.15, -0.1) is 11.3 Å². The molecule has 1 amide bonds. The molecule has 0 aliphatic carbocycles. The third-order valence-corrected chi connectivity index (χ3v) is 6.58. The third kappa shape index (κ3) is 5.93. The summed E-state index contributed by atoms with van der Waals surface area (Å²) < 4.78 is 6.24. The van der Waals surface area contributed by atoms with E-state index in [1.807, 2.05) is 18.2 Å². The first-order valence-electron chi connectivity index (χ1n) is 10.1. The smallest absolute Gasteiger partial charge is 0.238 e. The number of hydrogen-bond donors (Lipinski definition) is 1. The molecule has 0 saturated carbocycles. The minimum Gasteiger partial charge on any atom is -0.378 e. The fourth-order valence-corrected chi connectivity index (χ4v) is 4.87. The summed E-state index contributed by atoms with van der Waals surface area (Å²) in [6, 6.07) is 12.1. The molecule has 1 aromatic carbocycles. The first-order chi connectivity index (χ1) is 14.2. The van der Waals surface area contributed by atoms with E-state index in [1.165, 1.54) is 10.6 Å². The van der Waals surface area contributed by atoms with Gasteiger partial charge in [-0.25, -0.2) is 0 Å². The zero-order valence-corrected chi connectivity index (χ0v) is 18.1. The summed E-state index contributed by atoms with van der Waals surface area (Å²) in [6.45, 7) is 8.49. The van der Waals surface area contributed by atoms with E-state index in [0.717, 1.165) is 69.1 Å². The molecule has 0 bridgehead atoms. The number of nitrogens with one attached hydrogen (secondary N) is 1. The van der Waals surface area contributed by atoms with Gasteiger partial charge in [-0.1, -0.05) is 11.6 Å². The highest BCUT2D eigenvalue weighted by atomic mass is 35.5. The van der Waals surface area contributed by atoms with Crippen molar-refractivity contribution in [1.82, 2.24) is 9.80 Å². The fraction of sp³-hybridized carbons (Fsp3) is 0.476. The van der Waals surface area contributed by atoms with E-state index in [2.05, 4.69) is 38.2 Å². The summed E-state index contributed by atoms with van der Waals surface area (Å²) >= 11 is 7.65. The molecule has 4 rings (SSSR count). The lowest BCUT2D eigenvalue weighted by Crippen LogP contribution is -2.48. The average molecular weight is 435 g/mol. The molecule has 3 heterocycles. The molecular formula is C21H27ClN4O2S. The zero-order chi connectivity index (χ0) is 20.1. The Kier molecular flexibility index (Phi) is 7.05. The molecule has 2 aromatic rings. The largest absolute Gasteiger partial charge is 0.378 e. The molecule has 1 N–H and O–H groups in total. The van der Waals surface area contributed by atoms with Crippen molar-refractivity contribution >= 4 is 40.2 Å². The molecule has 2 fully saturated rings. The predicted octanol–water partition coefficient (Wildman–Crippen LogP) is 2.99. The van der Waals surface area contributed by atoms with Gasteiger partial charge in [-0.3, -0.25) is 14.6 Å². The van der Waals surface area contributed by atoms with Crippen molar-refractivity contribution in [3.05, 3.63) is 45.6 Å². The van der Waals surface area contributed by atoms with Gasteiger partial charge < -0.3 is 15.0 Å². The van der Waals surface area contributed by atoms with Crippen molar-refractivity contribution in [1.29, 1.82) is 0 Å². The van der Waals surface area contributed by atoms with Crippen molar-refractivity contribution in [3.8, 4) is 0 Å². The molecule has 1 aromatic heterocycles. The first kappa shape index (κ1) is 20.6. The Labute approximate surface area is 181 Å². The van der Waals surface area contributed by atoms with Crippen LogP contribution in [0.2, 0.25) is 4.34 Å². The summed E-state index contributed by atoms with van der Waals surface area (Å²) in [5.74, 6) is 0.0441. The standard InChI is InChI=1S/C21H27ClN4O2S/c22-20-6-5-19(29-20)15-24-7-9-25(10-8-24)16-21(27)23-17-1-3-18(4-2-17)26-11-13-28-14-12-26/h1-6H,7-16H2,(H,23,27). The van der Waals surface area contributed by atoms with Gasteiger partial charge in [0.15, 0.2) is 0 Å². The number of piperazine rings is 1. The van der Waals surface area contributed by atoms with Crippen LogP contribution in [-0.4, -0.2) is 74.7 Å². The number of nitrogens with zero attached hydrogens (tertiary/aromatic N) is 3. The van der Waals surface area contributed by atoms with Crippen LogP contribution in [0.5, 0.6) is 0 Å². The number of carbonyl (C=O) groups is 1. The lowest BCUT2D eigenvalue weighted by atomic mass is 10.2. The van der Waals surface area contributed by atoms with Crippen molar-refractivity contribution in [2.24, 2.45) is 0 Å². The second-order valence-electron chi connectivity index (χ2n) is 7.45. The Morgan fingerprint density at radius 2 is 1.66 bits per heavy atom. The van der Waals surface area contributed by atoms with Crippen molar-refractivity contribution in [2.45, 2.75) is 6.54 Å². The fourth-order valence-electron chi connectivity index (χ4n) is 3.74. The average Bonchev–Trinajstić information content (AvgIpc) is 3.15. The van der Waals surface area contributed by atoms with Crippen LogP contribution in [-0.2, 0) is 16.1 Å². The molecule has 156 valence electrons. The number of anilines is 2. The summed E-state index contributed by atoms with van der Waals surface area (Å²) in [7, 11) is 0. The number of carbonyl (C=O) groups excluding carboxylic acids is 1. The Morgan fingerprint density at radius 1 is 0.966 bits per heavy atom. The Bertz CT molecular complexity index is 799. The van der Waals surface area contributed by atoms with Crippen LogP contribution >= 0.6 is 22.9 Å². The topological polar surface area (TPSA) is 48.1 Å². The summed E-state index contributed by atoms with van der Waals surface area (Å²) in [6.07, 6.45) is 0. The normalized spacial score (nSPS) is 18.7. The number of hydrogen-bond acceptors (Lipinski definition) is 6. The maximum Gasteiger partial charge on any atom is 0.238 e. The van der Waals surface area contributed by atoms with Gasteiger partial charge in [0.05, 0.1) is 24.1 Å². The van der Waals surface area contributed by atoms with Gasteiger partial charge >= 0.3 is 0 Å². The van der Waals surface area contributed by atoms with Gasteiger partial charge in [0.2, 0.25) is 5.91 Å². The lowest BCUT2D eigenvalue weighted by Gasteiger charge is -2.34. The van der Waals surface area contributed by atoms with Crippen LogP contribution in [0, 0.1) is 0 Å². The van der Waals surface area contributed by atoms with E-state index in [4.69, 9.17) is 16.3 Å². The SMILES string of the molecule is O=C(CN1CCN(Cc2ccc(Cl)s2)CC1)Nc1ccc(N2CCOCC2)cc1. The van der Waals surface area contributed by atoms with Gasteiger partial charge in [-0.2, -0.15) is 0 Å². The number of amides is 1. The monoisotopic (exact) mass is 434 g/mol. The number of benzene rings is 1. The molecule has 6 nitrogen and oxygen atoms in total. The van der Waals surface area contributed by atoms with E-state index < -0.39 is 0 Å². The van der Waals surface area contributed by atoms with Crippen LogP contribution < -0.4 is 10.2 Å². The minimum absolute atomic E-state index is 0.0441. The number of thiophene rings is 1. The number of morpholine rings is 1. The number of ether oxygens (including phenoxy) is 1. The molecule has 2 aliphatic heterocycles.